The fourth-order valence-electron chi connectivity index (χ4n) is 6.33. The van der Waals surface area contributed by atoms with Crippen molar-refractivity contribution in [3.05, 3.63) is 150 Å². The van der Waals surface area contributed by atoms with Gasteiger partial charge in [-0.1, -0.05) is 91.0 Å². The lowest BCUT2D eigenvalue weighted by molar-refractivity contribution is 0.824. The van der Waals surface area contributed by atoms with Crippen molar-refractivity contribution in [1.82, 2.24) is 4.57 Å². The van der Waals surface area contributed by atoms with Crippen LogP contribution in [0.2, 0.25) is 0 Å². The van der Waals surface area contributed by atoms with E-state index in [2.05, 4.69) is 119 Å². The lowest BCUT2D eigenvalue weighted by Gasteiger charge is -2.19. The Morgan fingerprint density at radius 2 is 1.34 bits per heavy atom. The Labute approximate surface area is 259 Å². The Balaban J connectivity index is 1.13. The van der Waals surface area contributed by atoms with Gasteiger partial charge in [-0.15, -0.1) is 11.3 Å². The molecule has 0 aliphatic rings. The Kier molecular flexibility index (Phi) is 6.38. The molecule has 2 aromatic heterocycles. The molecule has 0 aliphatic carbocycles. The smallest absolute Gasteiger partial charge is 0.0991 e. The summed E-state index contributed by atoms with van der Waals surface area (Å²) < 4.78 is 5.01. The molecule has 8 aromatic rings. The normalized spacial score (nSPS) is 12.2. The minimum absolute atomic E-state index is 0.288. The van der Waals surface area contributed by atoms with Crippen LogP contribution in [0, 0.1) is 11.3 Å². The van der Waals surface area contributed by atoms with Crippen LogP contribution < -0.4 is 11.1 Å². The molecule has 44 heavy (non-hydrogen) atoms. The molecule has 0 amide bonds. The Morgan fingerprint density at radius 1 is 0.659 bits per heavy atom. The van der Waals surface area contributed by atoms with E-state index in [1.54, 1.807) is 0 Å². The Morgan fingerprint density at radius 3 is 2.14 bits per heavy atom. The zero-order valence-electron chi connectivity index (χ0n) is 23.9. The van der Waals surface area contributed by atoms with Gasteiger partial charge >= 0.3 is 0 Å². The van der Waals surface area contributed by atoms with Crippen molar-refractivity contribution in [2.45, 2.75) is 12.7 Å². The summed E-state index contributed by atoms with van der Waals surface area (Å²) >= 11 is 1.86. The number of anilines is 1. The molecule has 0 aliphatic heterocycles. The van der Waals surface area contributed by atoms with Gasteiger partial charge in [0.25, 0.3) is 0 Å². The number of nitriles is 1. The summed E-state index contributed by atoms with van der Waals surface area (Å²) in [6.45, 7) is 0.610. The second-order valence-corrected chi connectivity index (χ2v) is 12.2. The maximum Gasteiger partial charge on any atom is 0.0991 e. The highest BCUT2D eigenvalue weighted by atomic mass is 32.1. The van der Waals surface area contributed by atoms with E-state index in [-0.39, 0.29) is 6.04 Å². The monoisotopic (exact) mass is 584 g/mol. The number of thiophene rings is 1. The fraction of sp³-hybridized carbons (Fsp3) is 0.0513. The molecule has 0 spiro atoms. The van der Waals surface area contributed by atoms with Crippen LogP contribution >= 0.6 is 11.3 Å². The molecule has 3 N–H and O–H groups in total. The first-order valence-electron chi connectivity index (χ1n) is 14.7. The van der Waals surface area contributed by atoms with Crippen molar-refractivity contribution in [2.75, 3.05) is 5.32 Å². The van der Waals surface area contributed by atoms with Crippen molar-refractivity contribution in [1.29, 1.82) is 5.26 Å². The van der Waals surface area contributed by atoms with Crippen molar-refractivity contribution < 1.29 is 0 Å². The van der Waals surface area contributed by atoms with Gasteiger partial charge in [0.05, 0.1) is 35.4 Å². The number of nitrogens with two attached hydrogens (primary N) is 1. The molecular weight excluding hydrogens is 557 g/mol. The molecule has 8 rings (SSSR count). The number of aromatic nitrogens is 1. The molecule has 5 heteroatoms. The van der Waals surface area contributed by atoms with E-state index in [0.29, 0.717) is 12.2 Å². The quantitative estimate of drug-likeness (QED) is 0.204. The molecule has 1 unspecified atom stereocenters. The van der Waals surface area contributed by atoms with Gasteiger partial charge in [0.2, 0.25) is 0 Å². The lowest BCUT2D eigenvalue weighted by atomic mass is 9.95. The summed E-state index contributed by atoms with van der Waals surface area (Å²) in [6.07, 6.45) is 0. The molecule has 1 atom stereocenters. The predicted molar refractivity (Wildman–Crippen MR) is 185 cm³/mol. The van der Waals surface area contributed by atoms with Crippen LogP contribution in [0.5, 0.6) is 0 Å². The van der Waals surface area contributed by atoms with E-state index in [9.17, 15) is 0 Å². The topological polar surface area (TPSA) is 66.8 Å². The summed E-state index contributed by atoms with van der Waals surface area (Å²) in [7, 11) is 0. The first kappa shape index (κ1) is 26.2. The summed E-state index contributed by atoms with van der Waals surface area (Å²) in [5.74, 6) is 0. The average Bonchev–Trinajstić information content (AvgIpc) is 3.61. The van der Waals surface area contributed by atoms with Gasteiger partial charge in [-0.3, -0.25) is 0 Å². The van der Waals surface area contributed by atoms with Crippen LogP contribution in [0.3, 0.4) is 0 Å². The van der Waals surface area contributed by atoms with Gasteiger partial charge in [-0.25, -0.2) is 0 Å². The second-order valence-electron chi connectivity index (χ2n) is 11.1. The summed E-state index contributed by atoms with van der Waals surface area (Å²) in [5, 5.41) is 18.0. The van der Waals surface area contributed by atoms with Crippen molar-refractivity contribution in [2.24, 2.45) is 5.73 Å². The van der Waals surface area contributed by atoms with E-state index >= 15 is 0 Å². The van der Waals surface area contributed by atoms with Gasteiger partial charge in [-0.05, 0) is 64.7 Å². The summed E-state index contributed by atoms with van der Waals surface area (Å²) in [6, 6.07) is 48.3. The fourth-order valence-corrected chi connectivity index (χ4v) is 7.46. The number of benzene rings is 6. The molecule has 6 aromatic carbocycles. The highest BCUT2D eigenvalue weighted by Crippen LogP contribution is 2.39. The van der Waals surface area contributed by atoms with E-state index in [1.807, 2.05) is 41.7 Å². The minimum atomic E-state index is -0.288. The first-order chi connectivity index (χ1) is 21.7. The second kappa shape index (κ2) is 10.7. The maximum atomic E-state index is 9.11. The highest BCUT2D eigenvalue weighted by molar-refractivity contribution is 7.25. The summed E-state index contributed by atoms with van der Waals surface area (Å²) in [5.41, 5.74) is 15.3. The standard InChI is InChI=1S/C39H28N4S/c40-23-25-13-15-26(16-14-25)27-17-19-28(20-18-27)39(41)31-9-1-4-10-34(31)42-24-43-35-11-5-2-7-29(35)32-22-38-33(21-36(32)43)30-8-3-6-12-37(30)44-38/h1-22,39,42H,24,41H2. The predicted octanol–water partition coefficient (Wildman–Crippen LogP) is 9.82. The molecule has 0 bridgehead atoms. The van der Waals surface area contributed by atoms with Crippen molar-refractivity contribution in [3.8, 4) is 17.2 Å². The van der Waals surface area contributed by atoms with Gasteiger partial charge in [0.15, 0.2) is 0 Å². The number of fused-ring (bicyclic) bond motifs is 6. The number of hydrogen-bond acceptors (Lipinski definition) is 4. The molecule has 4 nitrogen and oxygen atoms in total. The molecule has 2 heterocycles. The lowest BCUT2D eigenvalue weighted by Crippen LogP contribution is -2.16. The third-order valence-electron chi connectivity index (χ3n) is 8.61. The van der Waals surface area contributed by atoms with Crippen LogP contribution in [0.4, 0.5) is 5.69 Å². The van der Waals surface area contributed by atoms with Crippen molar-refractivity contribution >= 4 is 59.0 Å². The third kappa shape index (κ3) is 4.40. The SMILES string of the molecule is N#Cc1ccc(-c2ccc(C(N)c3ccccc3NCn3c4ccccc4c4cc5sc6ccccc6c5cc43)cc2)cc1. The maximum absolute atomic E-state index is 9.11. The van der Waals surface area contributed by atoms with Crippen LogP contribution in [0.25, 0.3) is 53.1 Å². The number of nitrogens with one attached hydrogen (secondary N) is 1. The van der Waals surface area contributed by atoms with E-state index < -0.39 is 0 Å². The Bertz CT molecular complexity index is 2360. The number of para-hydroxylation sites is 2. The van der Waals surface area contributed by atoms with Gasteiger partial charge < -0.3 is 15.6 Å². The highest BCUT2D eigenvalue weighted by Gasteiger charge is 2.16. The molecule has 0 saturated heterocycles. The molecule has 0 fully saturated rings. The van der Waals surface area contributed by atoms with Gasteiger partial charge in [0.1, 0.15) is 0 Å². The molecule has 0 saturated carbocycles. The summed E-state index contributed by atoms with van der Waals surface area (Å²) in [4.78, 5) is 0. The minimum Gasteiger partial charge on any atom is -0.367 e. The molecule has 0 radical (unpaired) electrons. The zero-order valence-corrected chi connectivity index (χ0v) is 24.7. The van der Waals surface area contributed by atoms with Gasteiger partial charge in [0, 0.05) is 36.6 Å². The van der Waals surface area contributed by atoms with Crippen LogP contribution in [-0.2, 0) is 6.67 Å². The number of nitrogens with zero attached hydrogens (tertiary/aromatic N) is 2. The number of rotatable bonds is 6. The van der Waals surface area contributed by atoms with E-state index in [1.165, 1.54) is 42.0 Å². The largest absolute Gasteiger partial charge is 0.367 e. The molecule has 210 valence electrons. The zero-order chi connectivity index (χ0) is 29.6. The van der Waals surface area contributed by atoms with Crippen LogP contribution in [0.1, 0.15) is 22.7 Å². The first-order valence-corrected chi connectivity index (χ1v) is 15.5. The third-order valence-corrected chi connectivity index (χ3v) is 9.75. The Hall–Kier alpha value is -5.41. The number of hydrogen-bond donors (Lipinski definition) is 2. The van der Waals surface area contributed by atoms with E-state index in [4.69, 9.17) is 11.0 Å². The van der Waals surface area contributed by atoms with E-state index in [0.717, 1.165) is 27.9 Å². The van der Waals surface area contributed by atoms with Gasteiger partial charge in [-0.2, -0.15) is 5.26 Å². The van der Waals surface area contributed by atoms with Crippen LogP contribution in [-0.4, -0.2) is 4.57 Å². The average molecular weight is 585 g/mol. The molecular formula is C39H28N4S. The van der Waals surface area contributed by atoms with Crippen LogP contribution in [0.15, 0.2) is 133 Å². The van der Waals surface area contributed by atoms with Crippen molar-refractivity contribution in [3.63, 3.8) is 0 Å².